The van der Waals surface area contributed by atoms with Crippen molar-refractivity contribution in [3.63, 3.8) is 0 Å². The Balaban J connectivity index is 1.90. The van der Waals surface area contributed by atoms with E-state index in [1.807, 2.05) is 13.1 Å². The standard InChI is InChI=1S/C17H27N3O3/c1-3-4-5-9-17(23)10-12-20(13-15(17)21)16(22)7-6-14-8-11-18-19(14)2/h6-8,11,15,21,23H,3-5,9-10,12-13H2,1-2H3/b7-6+/t15-,17-/m0/s1. The van der Waals surface area contributed by atoms with Crippen LogP contribution in [0, 0.1) is 0 Å². The lowest BCUT2D eigenvalue weighted by Gasteiger charge is -2.42. The number of aryl methyl sites for hydroxylation is 1. The van der Waals surface area contributed by atoms with Crippen LogP contribution in [0.5, 0.6) is 0 Å². The number of unbranched alkanes of at least 4 members (excludes halogenated alkanes) is 2. The van der Waals surface area contributed by atoms with E-state index in [-0.39, 0.29) is 12.5 Å². The zero-order valence-electron chi connectivity index (χ0n) is 14.0. The van der Waals surface area contributed by atoms with Gasteiger partial charge in [-0.15, -0.1) is 0 Å². The summed E-state index contributed by atoms with van der Waals surface area (Å²) in [6.45, 7) is 2.75. The predicted octanol–water partition coefficient (Wildman–Crippen LogP) is 1.34. The van der Waals surface area contributed by atoms with Gasteiger partial charge in [-0.25, -0.2) is 0 Å². The molecule has 0 aliphatic carbocycles. The summed E-state index contributed by atoms with van der Waals surface area (Å²) in [5, 5.41) is 24.9. The second-order valence-corrected chi connectivity index (χ2v) is 6.32. The van der Waals surface area contributed by atoms with Gasteiger partial charge in [-0.3, -0.25) is 9.48 Å². The molecule has 0 saturated carbocycles. The van der Waals surface area contributed by atoms with Crippen molar-refractivity contribution in [2.45, 2.75) is 50.7 Å². The predicted molar refractivity (Wildman–Crippen MR) is 88.5 cm³/mol. The Morgan fingerprint density at radius 1 is 1.52 bits per heavy atom. The van der Waals surface area contributed by atoms with Gasteiger partial charge in [-0.05, 0) is 25.0 Å². The van der Waals surface area contributed by atoms with Crippen LogP contribution in [0.2, 0.25) is 0 Å². The van der Waals surface area contributed by atoms with Gasteiger partial charge >= 0.3 is 0 Å². The van der Waals surface area contributed by atoms with Crippen LogP contribution in [0.3, 0.4) is 0 Å². The molecule has 1 aromatic heterocycles. The Morgan fingerprint density at radius 2 is 2.30 bits per heavy atom. The molecule has 2 rings (SSSR count). The number of aliphatic hydroxyl groups is 2. The summed E-state index contributed by atoms with van der Waals surface area (Å²) in [5.41, 5.74) is -0.218. The monoisotopic (exact) mass is 321 g/mol. The minimum atomic E-state index is -1.06. The molecule has 0 radical (unpaired) electrons. The molecule has 2 heterocycles. The Kier molecular flexibility index (Phi) is 5.96. The van der Waals surface area contributed by atoms with E-state index in [1.54, 1.807) is 21.9 Å². The second-order valence-electron chi connectivity index (χ2n) is 6.32. The van der Waals surface area contributed by atoms with Gasteiger partial charge in [0, 0.05) is 32.4 Å². The highest BCUT2D eigenvalue weighted by atomic mass is 16.3. The molecule has 0 aromatic carbocycles. The van der Waals surface area contributed by atoms with Gasteiger partial charge in [0.15, 0.2) is 0 Å². The van der Waals surface area contributed by atoms with E-state index in [0.29, 0.717) is 19.4 Å². The summed E-state index contributed by atoms with van der Waals surface area (Å²) in [5.74, 6) is -0.152. The van der Waals surface area contributed by atoms with E-state index in [1.165, 1.54) is 6.08 Å². The second kappa shape index (κ2) is 7.75. The Morgan fingerprint density at radius 3 is 2.91 bits per heavy atom. The van der Waals surface area contributed by atoms with Crippen LogP contribution >= 0.6 is 0 Å². The van der Waals surface area contributed by atoms with Crippen LogP contribution in [0.15, 0.2) is 18.3 Å². The van der Waals surface area contributed by atoms with E-state index in [0.717, 1.165) is 25.0 Å². The van der Waals surface area contributed by atoms with E-state index in [4.69, 9.17) is 0 Å². The topological polar surface area (TPSA) is 78.6 Å². The lowest BCUT2D eigenvalue weighted by molar-refractivity contribution is -0.146. The highest BCUT2D eigenvalue weighted by Crippen LogP contribution is 2.28. The maximum atomic E-state index is 12.2. The number of β-amino-alcohol motifs (C(OH)–C–C–N with tert-alkyl or cyclic N) is 1. The molecular weight excluding hydrogens is 294 g/mol. The number of aliphatic hydroxyl groups excluding tert-OH is 1. The van der Waals surface area contributed by atoms with Gasteiger partial charge in [0.05, 0.1) is 11.3 Å². The number of carbonyl (C=O) groups excluding carboxylic acids is 1. The zero-order valence-corrected chi connectivity index (χ0v) is 14.0. The number of carbonyl (C=O) groups is 1. The molecule has 0 bridgehead atoms. The Labute approximate surface area is 137 Å². The first-order valence-electron chi connectivity index (χ1n) is 8.31. The fraction of sp³-hybridized carbons (Fsp3) is 0.647. The highest BCUT2D eigenvalue weighted by molar-refractivity contribution is 5.91. The molecule has 0 unspecified atom stereocenters. The summed E-state index contributed by atoms with van der Waals surface area (Å²) in [6, 6.07) is 1.82. The average Bonchev–Trinajstić information content (AvgIpc) is 2.93. The molecule has 0 spiro atoms. The number of piperidine rings is 1. The average molecular weight is 321 g/mol. The van der Waals surface area contributed by atoms with E-state index in [9.17, 15) is 15.0 Å². The Hall–Kier alpha value is -1.66. The van der Waals surface area contributed by atoms with Gasteiger partial charge in [-0.2, -0.15) is 5.10 Å². The molecule has 23 heavy (non-hydrogen) atoms. The van der Waals surface area contributed by atoms with Crippen LogP contribution in [0.4, 0.5) is 0 Å². The van der Waals surface area contributed by atoms with Crippen LogP contribution in [0.1, 0.15) is 44.7 Å². The highest BCUT2D eigenvalue weighted by Gasteiger charge is 2.40. The molecule has 1 amide bonds. The maximum Gasteiger partial charge on any atom is 0.246 e. The first-order valence-corrected chi connectivity index (χ1v) is 8.31. The van der Waals surface area contributed by atoms with E-state index >= 15 is 0 Å². The third-order valence-electron chi connectivity index (χ3n) is 4.61. The van der Waals surface area contributed by atoms with Crippen molar-refractivity contribution in [3.8, 4) is 0 Å². The Bertz CT molecular complexity index is 555. The summed E-state index contributed by atoms with van der Waals surface area (Å²) in [4.78, 5) is 13.8. The lowest BCUT2D eigenvalue weighted by Crippen LogP contribution is -2.56. The molecule has 1 aliphatic heterocycles. The largest absolute Gasteiger partial charge is 0.388 e. The van der Waals surface area contributed by atoms with Crippen LogP contribution in [-0.4, -0.2) is 55.6 Å². The molecule has 1 saturated heterocycles. The van der Waals surface area contributed by atoms with Crippen molar-refractivity contribution in [1.29, 1.82) is 0 Å². The minimum Gasteiger partial charge on any atom is -0.388 e. The van der Waals surface area contributed by atoms with Crippen molar-refractivity contribution >= 4 is 12.0 Å². The molecule has 1 aromatic rings. The number of amides is 1. The van der Waals surface area contributed by atoms with Gasteiger partial charge in [0.1, 0.15) is 6.10 Å². The van der Waals surface area contributed by atoms with Gasteiger partial charge in [-0.1, -0.05) is 26.2 Å². The first kappa shape index (κ1) is 17.7. The third kappa shape index (κ3) is 4.42. The van der Waals surface area contributed by atoms with Crippen LogP contribution in [-0.2, 0) is 11.8 Å². The number of aromatic nitrogens is 2. The van der Waals surface area contributed by atoms with Gasteiger partial charge in [0.2, 0.25) is 5.91 Å². The van der Waals surface area contributed by atoms with Crippen molar-refractivity contribution in [2.75, 3.05) is 13.1 Å². The molecular formula is C17H27N3O3. The van der Waals surface area contributed by atoms with Crippen molar-refractivity contribution in [1.82, 2.24) is 14.7 Å². The van der Waals surface area contributed by atoms with Crippen molar-refractivity contribution in [2.24, 2.45) is 7.05 Å². The molecule has 1 aliphatic rings. The smallest absolute Gasteiger partial charge is 0.246 e. The maximum absolute atomic E-state index is 12.2. The fourth-order valence-electron chi connectivity index (χ4n) is 2.95. The summed E-state index contributed by atoms with van der Waals surface area (Å²) in [7, 11) is 1.81. The first-order chi connectivity index (χ1) is 11.0. The van der Waals surface area contributed by atoms with E-state index < -0.39 is 11.7 Å². The summed E-state index contributed by atoms with van der Waals surface area (Å²) >= 11 is 0. The molecule has 6 nitrogen and oxygen atoms in total. The quantitative estimate of drug-likeness (QED) is 0.612. The number of hydrogen-bond donors (Lipinski definition) is 2. The van der Waals surface area contributed by atoms with Gasteiger partial charge < -0.3 is 15.1 Å². The molecule has 1 fully saturated rings. The molecule has 128 valence electrons. The van der Waals surface area contributed by atoms with E-state index in [2.05, 4.69) is 12.0 Å². The normalized spacial score (nSPS) is 25.2. The molecule has 2 N–H and O–H groups in total. The van der Waals surface area contributed by atoms with Gasteiger partial charge in [0.25, 0.3) is 0 Å². The molecule has 2 atom stereocenters. The minimum absolute atomic E-state index is 0.152. The SMILES string of the molecule is CCCCC[C@]1(O)CCN(C(=O)/C=C/c2ccnn2C)C[C@@H]1O. The van der Waals surface area contributed by atoms with Crippen LogP contribution < -0.4 is 0 Å². The lowest BCUT2D eigenvalue weighted by atomic mass is 9.84. The summed E-state index contributed by atoms with van der Waals surface area (Å²) in [6.07, 6.45) is 8.03. The van der Waals surface area contributed by atoms with Crippen molar-refractivity contribution in [3.05, 3.63) is 24.0 Å². The van der Waals surface area contributed by atoms with Crippen LogP contribution in [0.25, 0.3) is 6.08 Å². The number of hydrogen-bond acceptors (Lipinski definition) is 4. The fourth-order valence-corrected chi connectivity index (χ4v) is 2.95. The van der Waals surface area contributed by atoms with Crippen molar-refractivity contribution < 1.29 is 15.0 Å². The third-order valence-corrected chi connectivity index (χ3v) is 4.61. The number of nitrogens with zero attached hydrogens (tertiary/aromatic N) is 3. The molecule has 6 heteroatoms. The summed E-state index contributed by atoms with van der Waals surface area (Å²) < 4.78 is 1.68. The zero-order chi connectivity index (χ0) is 16.9. The number of rotatable bonds is 6. The number of likely N-dealkylation sites (tertiary alicyclic amines) is 1.